The predicted octanol–water partition coefficient (Wildman–Crippen LogP) is 5.57. The van der Waals surface area contributed by atoms with Crippen LogP contribution in [0.5, 0.6) is 5.75 Å². The third-order valence-electron chi connectivity index (χ3n) is 6.67. The number of carboxylic acids is 1. The number of benzene rings is 2. The summed E-state index contributed by atoms with van der Waals surface area (Å²) in [6.45, 7) is 6.79. The Hall–Kier alpha value is -2.81. The summed E-state index contributed by atoms with van der Waals surface area (Å²) in [6, 6.07) is 10.1. The number of carbonyl (C=O) groups excluding carboxylic acids is 2. The lowest BCUT2D eigenvalue weighted by Crippen LogP contribution is -2.43. The van der Waals surface area contributed by atoms with Gasteiger partial charge in [-0.2, -0.15) is 0 Å². The van der Waals surface area contributed by atoms with Gasteiger partial charge < -0.3 is 24.7 Å². The van der Waals surface area contributed by atoms with Crippen LogP contribution >= 0.6 is 23.2 Å². The van der Waals surface area contributed by atoms with Gasteiger partial charge >= 0.3 is 5.97 Å². The van der Waals surface area contributed by atoms with Gasteiger partial charge in [0.25, 0.3) is 0 Å². The molecule has 0 aromatic heterocycles. The minimum Gasteiger partial charge on any atom is -0.496 e. The lowest BCUT2D eigenvalue weighted by molar-refractivity contribution is -0.146. The number of anilines is 1. The van der Waals surface area contributed by atoms with E-state index >= 15 is 0 Å². The van der Waals surface area contributed by atoms with Gasteiger partial charge in [-0.15, -0.1) is 0 Å². The third-order valence-corrected chi connectivity index (χ3v) is 7.17. The van der Waals surface area contributed by atoms with Crippen LogP contribution in [0.15, 0.2) is 36.4 Å². The first-order valence-corrected chi connectivity index (χ1v) is 13.7. The maximum atomic E-state index is 13.7. The molecule has 212 valence electrons. The second-order valence-corrected chi connectivity index (χ2v) is 11.9. The van der Waals surface area contributed by atoms with Crippen molar-refractivity contribution < 1.29 is 29.3 Å². The molecule has 0 bridgehead atoms. The van der Waals surface area contributed by atoms with Gasteiger partial charge in [0.2, 0.25) is 11.8 Å². The maximum absolute atomic E-state index is 13.7. The van der Waals surface area contributed by atoms with Crippen LogP contribution in [0.3, 0.4) is 0 Å². The Kier molecular flexibility index (Phi) is 10.3. The Labute approximate surface area is 239 Å². The molecule has 0 saturated carbocycles. The first-order valence-electron chi connectivity index (χ1n) is 12.9. The number of aliphatic carboxylic acids is 1. The van der Waals surface area contributed by atoms with Crippen LogP contribution in [-0.4, -0.2) is 59.6 Å². The van der Waals surface area contributed by atoms with Gasteiger partial charge in [-0.1, -0.05) is 62.2 Å². The summed E-state index contributed by atoms with van der Waals surface area (Å²) in [6.07, 6.45) is -0.236. The molecular weight excluding hydrogens is 543 g/mol. The van der Waals surface area contributed by atoms with Gasteiger partial charge in [0.15, 0.2) is 0 Å². The predicted molar refractivity (Wildman–Crippen MR) is 151 cm³/mol. The maximum Gasteiger partial charge on any atom is 0.308 e. The number of hydrogen-bond acceptors (Lipinski definition) is 5. The number of para-hydroxylation sites is 1. The summed E-state index contributed by atoms with van der Waals surface area (Å²) in [5.74, 6) is -1.65. The molecule has 2 N–H and O–H groups in total. The average Bonchev–Trinajstić information content (AvgIpc) is 2.89. The van der Waals surface area contributed by atoms with Crippen molar-refractivity contribution in [3.8, 4) is 5.75 Å². The average molecular weight is 580 g/mol. The number of halogens is 2. The van der Waals surface area contributed by atoms with E-state index in [0.717, 1.165) is 0 Å². The van der Waals surface area contributed by atoms with Crippen molar-refractivity contribution in [2.75, 3.05) is 31.6 Å². The molecule has 39 heavy (non-hydrogen) atoms. The molecule has 8 nitrogen and oxygen atoms in total. The fraction of sp³-hybridized carbons (Fsp3) is 0.483. The SMILES string of the molecule is COc1ccccc1[C@@H](O)c1cc(Cl)cc(Cl)c1N(CC(C)(C)C)C(=O)CCC(=O)N1CCC[C@H](C(=O)O)C1. The number of aliphatic hydroxyl groups is 1. The number of likely N-dealkylation sites (tertiary alicyclic amines) is 1. The first-order chi connectivity index (χ1) is 18.3. The monoisotopic (exact) mass is 578 g/mol. The number of piperidine rings is 1. The highest BCUT2D eigenvalue weighted by atomic mass is 35.5. The number of hydrogen-bond donors (Lipinski definition) is 2. The number of carbonyl (C=O) groups is 3. The number of aliphatic hydroxyl groups excluding tert-OH is 1. The number of nitrogens with zero attached hydrogens (tertiary/aromatic N) is 2. The zero-order valence-electron chi connectivity index (χ0n) is 22.7. The molecule has 2 atom stereocenters. The van der Waals surface area contributed by atoms with Gasteiger partial charge in [-0.3, -0.25) is 14.4 Å². The lowest BCUT2D eigenvalue weighted by atomic mass is 9.93. The highest BCUT2D eigenvalue weighted by molar-refractivity contribution is 6.37. The molecule has 1 aliphatic heterocycles. The Morgan fingerprint density at radius 2 is 1.82 bits per heavy atom. The van der Waals surface area contributed by atoms with E-state index in [4.69, 9.17) is 27.9 Å². The van der Waals surface area contributed by atoms with Gasteiger partial charge in [-0.25, -0.2) is 0 Å². The summed E-state index contributed by atoms with van der Waals surface area (Å²) < 4.78 is 5.44. The minimum atomic E-state index is -1.20. The smallest absolute Gasteiger partial charge is 0.308 e. The number of methoxy groups -OCH3 is 1. The van der Waals surface area contributed by atoms with E-state index in [1.54, 1.807) is 30.3 Å². The van der Waals surface area contributed by atoms with E-state index in [-0.39, 0.29) is 48.2 Å². The van der Waals surface area contributed by atoms with Gasteiger partial charge in [0.1, 0.15) is 11.9 Å². The van der Waals surface area contributed by atoms with E-state index in [0.29, 0.717) is 47.0 Å². The second kappa shape index (κ2) is 13.0. The van der Waals surface area contributed by atoms with Gasteiger partial charge in [0, 0.05) is 48.6 Å². The molecule has 2 aromatic rings. The molecule has 0 spiro atoms. The number of amides is 2. The molecule has 1 aliphatic rings. The van der Waals surface area contributed by atoms with Crippen molar-refractivity contribution in [3.63, 3.8) is 0 Å². The lowest BCUT2D eigenvalue weighted by Gasteiger charge is -2.34. The quantitative estimate of drug-likeness (QED) is 0.403. The molecular formula is C29H36Cl2N2O6. The molecule has 2 amide bonds. The number of ether oxygens (including phenoxy) is 1. The molecule has 0 radical (unpaired) electrons. The van der Waals surface area contributed by atoms with Crippen LogP contribution in [0, 0.1) is 11.3 Å². The number of carboxylic acid groups (broad SMARTS) is 1. The van der Waals surface area contributed by atoms with E-state index in [1.807, 2.05) is 20.8 Å². The highest BCUT2D eigenvalue weighted by Crippen LogP contribution is 2.42. The van der Waals surface area contributed by atoms with Crippen molar-refractivity contribution in [3.05, 3.63) is 57.6 Å². The van der Waals surface area contributed by atoms with Crippen LogP contribution in [0.1, 0.15) is 63.7 Å². The highest BCUT2D eigenvalue weighted by Gasteiger charge is 2.32. The van der Waals surface area contributed by atoms with Crippen molar-refractivity contribution in [2.24, 2.45) is 11.3 Å². The Balaban J connectivity index is 1.94. The zero-order valence-corrected chi connectivity index (χ0v) is 24.3. The van der Waals surface area contributed by atoms with Gasteiger partial charge in [0.05, 0.1) is 23.7 Å². The summed E-state index contributed by atoms with van der Waals surface area (Å²) in [7, 11) is 1.50. The summed E-state index contributed by atoms with van der Waals surface area (Å²) in [5, 5.41) is 21.3. The van der Waals surface area contributed by atoms with Crippen molar-refractivity contribution in [1.29, 1.82) is 0 Å². The molecule has 10 heteroatoms. The number of rotatable bonds is 9. The zero-order chi connectivity index (χ0) is 28.9. The molecule has 1 fully saturated rings. The summed E-state index contributed by atoms with van der Waals surface area (Å²) in [5.41, 5.74) is 0.782. The van der Waals surface area contributed by atoms with Crippen LogP contribution < -0.4 is 9.64 Å². The van der Waals surface area contributed by atoms with E-state index in [1.165, 1.54) is 23.0 Å². The van der Waals surface area contributed by atoms with Gasteiger partial charge in [-0.05, 0) is 36.5 Å². The minimum absolute atomic E-state index is 0.0680. The molecule has 3 rings (SSSR count). The van der Waals surface area contributed by atoms with Crippen LogP contribution in [0.4, 0.5) is 5.69 Å². The van der Waals surface area contributed by atoms with E-state index in [2.05, 4.69) is 0 Å². The normalized spacial score (nSPS) is 16.5. The van der Waals surface area contributed by atoms with E-state index < -0.39 is 18.0 Å². The standard InChI is InChI=1S/C29H36Cl2N2O6/c1-29(2,3)17-33(25(35)12-11-24(34)32-13-7-8-18(16-32)28(37)38)26-21(14-19(30)15-22(26)31)27(36)20-9-5-6-10-23(20)39-4/h5-6,9-10,14-15,18,27,36H,7-8,11-13,16-17H2,1-4H3,(H,37,38)/t18-,27+/m0/s1. The fourth-order valence-corrected chi connectivity index (χ4v) is 5.43. The van der Waals surface area contributed by atoms with Crippen molar-refractivity contribution in [1.82, 2.24) is 4.90 Å². The summed E-state index contributed by atoms with van der Waals surface area (Å²) >= 11 is 13.0. The van der Waals surface area contributed by atoms with Crippen LogP contribution in [-0.2, 0) is 14.4 Å². The molecule has 1 saturated heterocycles. The largest absolute Gasteiger partial charge is 0.496 e. The molecule has 1 heterocycles. The van der Waals surface area contributed by atoms with Crippen LogP contribution in [0.2, 0.25) is 10.0 Å². The molecule has 0 unspecified atom stereocenters. The Morgan fingerprint density at radius 1 is 1.13 bits per heavy atom. The molecule has 0 aliphatic carbocycles. The third kappa shape index (κ3) is 7.87. The summed E-state index contributed by atoms with van der Waals surface area (Å²) in [4.78, 5) is 41.1. The Morgan fingerprint density at radius 3 is 2.46 bits per heavy atom. The molecule has 2 aromatic carbocycles. The van der Waals surface area contributed by atoms with Crippen molar-refractivity contribution >= 4 is 46.7 Å². The topological polar surface area (TPSA) is 107 Å². The fourth-order valence-electron chi connectivity index (χ4n) is 4.82. The van der Waals surface area contributed by atoms with E-state index in [9.17, 15) is 24.6 Å². The Bertz CT molecular complexity index is 1210. The van der Waals surface area contributed by atoms with Crippen LogP contribution in [0.25, 0.3) is 0 Å². The first kappa shape index (κ1) is 30.7. The second-order valence-electron chi connectivity index (χ2n) is 11.0. The van der Waals surface area contributed by atoms with Crippen molar-refractivity contribution in [2.45, 2.75) is 52.6 Å².